The molecule has 0 aliphatic carbocycles. The Labute approximate surface area is 93.3 Å². The highest BCUT2D eigenvalue weighted by Gasteiger charge is 2.18. The van der Waals surface area contributed by atoms with E-state index in [4.69, 9.17) is 21.8 Å². The minimum absolute atomic E-state index is 0.124. The van der Waals surface area contributed by atoms with E-state index in [1.54, 1.807) is 18.2 Å². The van der Waals surface area contributed by atoms with Crippen molar-refractivity contribution in [1.29, 1.82) is 0 Å². The molecule has 0 saturated carbocycles. The molecule has 0 heterocycles. The van der Waals surface area contributed by atoms with Crippen LogP contribution in [0, 0.1) is 5.92 Å². The molecule has 0 aliphatic rings. The Morgan fingerprint density at radius 2 is 2.07 bits per heavy atom. The number of aliphatic hydroxyl groups excluding tert-OH is 1. The van der Waals surface area contributed by atoms with Gasteiger partial charge >= 0.3 is 5.97 Å². The van der Waals surface area contributed by atoms with E-state index in [2.05, 4.69) is 0 Å². The highest BCUT2D eigenvalue weighted by molar-refractivity contribution is 6.31. The van der Waals surface area contributed by atoms with Crippen molar-refractivity contribution >= 4 is 17.6 Å². The second-order valence-corrected chi connectivity index (χ2v) is 3.75. The van der Waals surface area contributed by atoms with E-state index in [0.717, 1.165) is 5.56 Å². The van der Waals surface area contributed by atoms with E-state index in [9.17, 15) is 4.79 Å². The first-order chi connectivity index (χ1) is 7.15. The van der Waals surface area contributed by atoms with Crippen molar-refractivity contribution < 1.29 is 15.0 Å². The van der Waals surface area contributed by atoms with Crippen LogP contribution in [0.15, 0.2) is 24.3 Å². The molecule has 0 bridgehead atoms. The van der Waals surface area contributed by atoms with Gasteiger partial charge in [0.2, 0.25) is 0 Å². The van der Waals surface area contributed by atoms with Crippen LogP contribution in [0.1, 0.15) is 12.0 Å². The molecule has 0 radical (unpaired) electrons. The molecule has 15 heavy (non-hydrogen) atoms. The van der Waals surface area contributed by atoms with Crippen LogP contribution in [-0.2, 0) is 11.2 Å². The average molecular weight is 229 g/mol. The third-order valence-corrected chi connectivity index (χ3v) is 2.62. The average Bonchev–Trinajstić information content (AvgIpc) is 2.20. The SMILES string of the molecule is O=C(O)C(CCO)Cc1ccccc1Cl. The van der Waals surface area contributed by atoms with E-state index in [0.29, 0.717) is 11.4 Å². The van der Waals surface area contributed by atoms with Gasteiger partial charge in [-0.05, 0) is 24.5 Å². The summed E-state index contributed by atoms with van der Waals surface area (Å²) < 4.78 is 0. The summed E-state index contributed by atoms with van der Waals surface area (Å²) in [6, 6.07) is 7.15. The van der Waals surface area contributed by atoms with Crippen LogP contribution >= 0.6 is 11.6 Å². The van der Waals surface area contributed by atoms with E-state index >= 15 is 0 Å². The lowest BCUT2D eigenvalue weighted by Gasteiger charge is -2.11. The molecule has 82 valence electrons. The molecule has 0 saturated heterocycles. The number of aliphatic carboxylic acids is 1. The maximum Gasteiger partial charge on any atom is 0.306 e. The fourth-order valence-corrected chi connectivity index (χ4v) is 1.61. The van der Waals surface area contributed by atoms with Crippen LogP contribution in [0.3, 0.4) is 0 Å². The van der Waals surface area contributed by atoms with E-state index < -0.39 is 11.9 Å². The molecule has 1 rings (SSSR count). The van der Waals surface area contributed by atoms with Gasteiger partial charge in [-0.15, -0.1) is 0 Å². The van der Waals surface area contributed by atoms with Gasteiger partial charge < -0.3 is 10.2 Å². The van der Waals surface area contributed by atoms with Crippen molar-refractivity contribution in [1.82, 2.24) is 0 Å². The predicted octanol–water partition coefficient (Wildman–Crippen LogP) is 1.97. The van der Waals surface area contributed by atoms with Crippen molar-refractivity contribution in [2.75, 3.05) is 6.61 Å². The number of aliphatic hydroxyl groups is 1. The summed E-state index contributed by atoms with van der Waals surface area (Å²) in [5.74, 6) is -1.47. The zero-order chi connectivity index (χ0) is 11.3. The number of carboxylic acid groups (broad SMARTS) is 1. The summed E-state index contributed by atoms with van der Waals surface area (Å²) in [7, 11) is 0. The summed E-state index contributed by atoms with van der Waals surface area (Å²) in [5, 5.41) is 18.2. The molecule has 4 heteroatoms. The van der Waals surface area contributed by atoms with Gasteiger partial charge in [-0.1, -0.05) is 29.8 Å². The molecule has 2 N–H and O–H groups in total. The van der Waals surface area contributed by atoms with Crippen LogP contribution in [0.5, 0.6) is 0 Å². The number of carboxylic acids is 1. The first-order valence-electron chi connectivity index (χ1n) is 4.72. The molecule has 1 aromatic rings. The molecule has 1 aromatic carbocycles. The highest BCUT2D eigenvalue weighted by atomic mass is 35.5. The summed E-state index contributed by atoms with van der Waals surface area (Å²) >= 11 is 5.92. The topological polar surface area (TPSA) is 57.5 Å². The van der Waals surface area contributed by atoms with Crippen LogP contribution in [0.2, 0.25) is 5.02 Å². The molecular formula is C11H13ClO3. The van der Waals surface area contributed by atoms with E-state index in [1.165, 1.54) is 0 Å². The summed E-state index contributed by atoms with van der Waals surface area (Å²) in [5.41, 5.74) is 0.806. The monoisotopic (exact) mass is 228 g/mol. The Morgan fingerprint density at radius 1 is 1.40 bits per heavy atom. The Bertz CT molecular complexity index is 338. The number of benzene rings is 1. The third kappa shape index (κ3) is 3.53. The molecule has 0 amide bonds. The number of hydrogen-bond acceptors (Lipinski definition) is 2. The Hall–Kier alpha value is -1.06. The lowest BCUT2D eigenvalue weighted by Crippen LogP contribution is -2.18. The van der Waals surface area contributed by atoms with Gasteiger partial charge in [-0.2, -0.15) is 0 Å². The lowest BCUT2D eigenvalue weighted by atomic mass is 9.97. The molecule has 0 aromatic heterocycles. The fraction of sp³-hybridized carbons (Fsp3) is 0.364. The number of carbonyl (C=O) groups is 1. The predicted molar refractivity (Wildman–Crippen MR) is 58.0 cm³/mol. The van der Waals surface area contributed by atoms with Crippen molar-refractivity contribution in [2.24, 2.45) is 5.92 Å². The van der Waals surface area contributed by atoms with Crippen molar-refractivity contribution in [2.45, 2.75) is 12.8 Å². The van der Waals surface area contributed by atoms with Crippen LogP contribution in [0.4, 0.5) is 0 Å². The number of hydrogen-bond donors (Lipinski definition) is 2. The van der Waals surface area contributed by atoms with Gasteiger partial charge in [0.15, 0.2) is 0 Å². The van der Waals surface area contributed by atoms with Gasteiger partial charge in [-0.25, -0.2) is 0 Å². The van der Waals surface area contributed by atoms with Crippen LogP contribution in [-0.4, -0.2) is 22.8 Å². The normalized spacial score (nSPS) is 12.4. The smallest absolute Gasteiger partial charge is 0.306 e. The number of rotatable bonds is 5. The zero-order valence-electron chi connectivity index (χ0n) is 8.19. The Kier molecular flexibility index (Phi) is 4.59. The second-order valence-electron chi connectivity index (χ2n) is 3.34. The van der Waals surface area contributed by atoms with Crippen LogP contribution in [0.25, 0.3) is 0 Å². The third-order valence-electron chi connectivity index (χ3n) is 2.25. The van der Waals surface area contributed by atoms with Crippen molar-refractivity contribution in [3.8, 4) is 0 Å². The van der Waals surface area contributed by atoms with Crippen molar-refractivity contribution in [3.63, 3.8) is 0 Å². The first kappa shape index (κ1) is 12.0. The minimum Gasteiger partial charge on any atom is -0.481 e. The van der Waals surface area contributed by atoms with Gasteiger partial charge in [-0.3, -0.25) is 4.79 Å². The van der Waals surface area contributed by atoms with Gasteiger partial charge in [0.05, 0.1) is 5.92 Å². The summed E-state index contributed by atoms with van der Waals surface area (Å²) in [6.45, 7) is -0.124. The van der Waals surface area contributed by atoms with Crippen LogP contribution < -0.4 is 0 Å². The molecule has 0 aliphatic heterocycles. The summed E-state index contributed by atoms with van der Waals surface area (Å²) in [6.07, 6.45) is 0.607. The summed E-state index contributed by atoms with van der Waals surface area (Å²) in [4.78, 5) is 10.9. The van der Waals surface area contributed by atoms with Crippen molar-refractivity contribution in [3.05, 3.63) is 34.9 Å². The lowest BCUT2D eigenvalue weighted by molar-refractivity contribution is -0.142. The Balaban J connectivity index is 2.74. The molecule has 1 atom stereocenters. The maximum atomic E-state index is 10.9. The first-order valence-corrected chi connectivity index (χ1v) is 5.10. The molecule has 0 fully saturated rings. The number of halogens is 1. The minimum atomic E-state index is -0.899. The standard InChI is InChI=1S/C11H13ClO3/c12-10-4-2-1-3-8(10)7-9(5-6-13)11(14)15/h1-4,9,13H,5-7H2,(H,14,15). The van der Waals surface area contributed by atoms with Gasteiger partial charge in [0, 0.05) is 11.6 Å². The van der Waals surface area contributed by atoms with E-state index in [-0.39, 0.29) is 13.0 Å². The maximum absolute atomic E-state index is 10.9. The van der Waals surface area contributed by atoms with Gasteiger partial charge in [0.1, 0.15) is 0 Å². The largest absolute Gasteiger partial charge is 0.481 e. The molecule has 1 unspecified atom stereocenters. The highest BCUT2D eigenvalue weighted by Crippen LogP contribution is 2.20. The fourth-order valence-electron chi connectivity index (χ4n) is 1.40. The second kappa shape index (κ2) is 5.73. The van der Waals surface area contributed by atoms with Gasteiger partial charge in [0.25, 0.3) is 0 Å². The quantitative estimate of drug-likeness (QED) is 0.810. The Morgan fingerprint density at radius 3 is 2.60 bits per heavy atom. The molecule has 3 nitrogen and oxygen atoms in total. The molecule has 0 spiro atoms. The zero-order valence-corrected chi connectivity index (χ0v) is 8.94. The van der Waals surface area contributed by atoms with E-state index in [1.807, 2.05) is 6.07 Å². The molecular weight excluding hydrogens is 216 g/mol.